The van der Waals surface area contributed by atoms with Crippen LogP contribution in [-0.2, 0) is 6.18 Å². The molecule has 1 N–H and O–H groups in total. The highest BCUT2D eigenvalue weighted by Gasteiger charge is 2.51. The molecule has 0 fully saturated rings. The molecule has 202 valence electrons. The predicted octanol–water partition coefficient (Wildman–Crippen LogP) is 8.58. The number of hydrazone groups is 1. The zero-order valence-corrected chi connectivity index (χ0v) is 22.1. The summed E-state index contributed by atoms with van der Waals surface area (Å²) in [6.07, 6.45) is -4.45. The minimum atomic E-state index is -4.45. The number of amides is 2. The molecule has 0 bridgehead atoms. The second-order valence-electron chi connectivity index (χ2n) is 10.6. The van der Waals surface area contributed by atoms with Gasteiger partial charge in [0.15, 0.2) is 0 Å². The van der Waals surface area contributed by atoms with E-state index in [2.05, 4.69) is 25.2 Å². The van der Waals surface area contributed by atoms with E-state index in [4.69, 9.17) is 5.10 Å². The quantitative estimate of drug-likeness (QED) is 0.277. The Hall–Kier alpha value is -4.39. The summed E-state index contributed by atoms with van der Waals surface area (Å²) in [7, 11) is 0. The number of benzene rings is 4. The van der Waals surface area contributed by atoms with Crippen molar-refractivity contribution in [2.45, 2.75) is 37.9 Å². The summed E-state index contributed by atoms with van der Waals surface area (Å²) in [5, 5.41) is 9.21. The molecule has 0 saturated carbocycles. The van der Waals surface area contributed by atoms with E-state index >= 15 is 0 Å². The van der Waals surface area contributed by atoms with Crippen LogP contribution in [0.15, 0.2) is 108 Å². The predicted molar refractivity (Wildman–Crippen MR) is 150 cm³/mol. The first-order chi connectivity index (χ1) is 19.2. The molecule has 0 aromatic heterocycles. The first-order valence-corrected chi connectivity index (χ1v) is 13.3. The molecule has 1 aliphatic carbocycles. The van der Waals surface area contributed by atoms with E-state index < -0.39 is 23.8 Å². The molecule has 0 radical (unpaired) electrons. The van der Waals surface area contributed by atoms with E-state index in [1.807, 2.05) is 72.8 Å². The summed E-state index contributed by atoms with van der Waals surface area (Å²) in [5.41, 5.74) is 5.51. The van der Waals surface area contributed by atoms with Crippen molar-refractivity contribution in [2.24, 2.45) is 11.0 Å². The average Bonchev–Trinajstić information content (AvgIpc) is 3.48. The number of fused-ring (bicyclic) bond motifs is 3. The number of hydrogen-bond donors (Lipinski definition) is 1. The highest BCUT2D eigenvalue weighted by atomic mass is 19.4. The van der Waals surface area contributed by atoms with E-state index in [1.54, 1.807) is 0 Å². The van der Waals surface area contributed by atoms with Gasteiger partial charge in [0.25, 0.3) is 0 Å². The van der Waals surface area contributed by atoms with Crippen molar-refractivity contribution in [1.82, 2.24) is 5.01 Å². The van der Waals surface area contributed by atoms with Crippen LogP contribution in [-0.4, -0.2) is 16.8 Å². The molecule has 4 aromatic rings. The Balaban J connectivity index is 1.44. The number of hydrogen-bond acceptors (Lipinski definition) is 2. The molecule has 6 rings (SSSR count). The van der Waals surface area contributed by atoms with Crippen molar-refractivity contribution in [1.29, 1.82) is 0 Å². The number of rotatable bonds is 4. The van der Waals surface area contributed by atoms with Crippen LogP contribution in [0.4, 0.5) is 23.7 Å². The fourth-order valence-electron chi connectivity index (χ4n) is 5.88. The maximum absolute atomic E-state index is 13.8. The van der Waals surface area contributed by atoms with Gasteiger partial charge in [-0.15, -0.1) is 0 Å². The van der Waals surface area contributed by atoms with Gasteiger partial charge >= 0.3 is 12.2 Å². The van der Waals surface area contributed by atoms with Crippen LogP contribution >= 0.6 is 0 Å². The van der Waals surface area contributed by atoms with Crippen LogP contribution in [0, 0.1) is 5.92 Å². The lowest BCUT2D eigenvalue weighted by Crippen LogP contribution is -2.35. The third-order valence-corrected chi connectivity index (χ3v) is 7.84. The number of carbonyl (C=O) groups is 1. The van der Waals surface area contributed by atoms with E-state index in [1.165, 1.54) is 17.1 Å². The van der Waals surface area contributed by atoms with Crippen molar-refractivity contribution in [3.63, 3.8) is 0 Å². The molecule has 1 aliphatic heterocycles. The molecule has 1 heterocycles. The van der Waals surface area contributed by atoms with Gasteiger partial charge < -0.3 is 5.32 Å². The van der Waals surface area contributed by atoms with Crippen LogP contribution in [0.2, 0.25) is 0 Å². The van der Waals surface area contributed by atoms with Gasteiger partial charge in [-0.05, 0) is 52.4 Å². The monoisotopic (exact) mass is 539 g/mol. The number of nitrogens with zero attached hydrogens (tertiary/aromatic N) is 2. The van der Waals surface area contributed by atoms with Gasteiger partial charge in [-0.2, -0.15) is 18.3 Å². The molecule has 4 nitrogen and oxygen atoms in total. The zero-order valence-electron chi connectivity index (χ0n) is 22.1. The Labute approximate surface area is 231 Å². The van der Waals surface area contributed by atoms with Gasteiger partial charge in [0.1, 0.15) is 0 Å². The lowest BCUT2D eigenvalue weighted by Gasteiger charge is -2.30. The van der Waals surface area contributed by atoms with E-state index in [-0.39, 0.29) is 11.8 Å². The SMILES string of the molecule is CC(C)c1ccc(NC(=O)N2N=C3c4ccccc4[C@H](c4ccccc4)[C@H]3[C@H]2c2ccc(C(F)(F)F)cc2)cc1. The molecule has 0 saturated heterocycles. The molecule has 2 aliphatic rings. The highest BCUT2D eigenvalue weighted by Crippen LogP contribution is 2.53. The summed E-state index contributed by atoms with van der Waals surface area (Å²) < 4.78 is 40.2. The summed E-state index contributed by atoms with van der Waals surface area (Å²) in [5.74, 6) is -0.0367. The average molecular weight is 540 g/mol. The standard InChI is InChI=1S/C33H28F3N3O/c1-20(2)21-14-18-25(19-15-21)37-32(40)39-31(23-12-16-24(17-13-23)33(34,35)36)29-28(22-8-4-3-5-9-22)26-10-6-7-11-27(26)30(29)38-39/h3-20,28-29,31H,1-2H3,(H,37,40)/t28-,29+,31+/m0/s1. The largest absolute Gasteiger partial charge is 0.416 e. The van der Waals surface area contributed by atoms with Crippen molar-refractivity contribution in [3.05, 3.63) is 137 Å². The molecule has 40 heavy (non-hydrogen) atoms. The Morgan fingerprint density at radius 1 is 0.825 bits per heavy atom. The molecule has 2 amide bonds. The third-order valence-electron chi connectivity index (χ3n) is 7.84. The van der Waals surface area contributed by atoms with Crippen molar-refractivity contribution in [2.75, 3.05) is 5.32 Å². The number of halogens is 3. The van der Waals surface area contributed by atoms with Gasteiger partial charge in [-0.25, -0.2) is 9.80 Å². The number of nitrogens with one attached hydrogen (secondary N) is 1. The number of urea groups is 1. The van der Waals surface area contributed by atoms with Crippen LogP contribution < -0.4 is 5.32 Å². The Kier molecular flexibility index (Phi) is 6.45. The number of alkyl halides is 3. The first-order valence-electron chi connectivity index (χ1n) is 13.3. The molecule has 4 aromatic carbocycles. The molecular formula is C33H28F3N3O. The fourth-order valence-corrected chi connectivity index (χ4v) is 5.88. The van der Waals surface area contributed by atoms with Crippen LogP contribution in [0.3, 0.4) is 0 Å². The van der Waals surface area contributed by atoms with Gasteiger partial charge in [-0.1, -0.05) is 92.7 Å². The summed E-state index contributed by atoms with van der Waals surface area (Å²) >= 11 is 0. The van der Waals surface area contributed by atoms with Gasteiger partial charge in [-0.3, -0.25) is 0 Å². The third kappa shape index (κ3) is 4.55. The van der Waals surface area contributed by atoms with E-state index in [9.17, 15) is 18.0 Å². The Bertz CT molecular complexity index is 1560. The van der Waals surface area contributed by atoms with Crippen LogP contribution in [0.1, 0.15) is 65.1 Å². The number of carbonyl (C=O) groups excluding carboxylic acids is 1. The molecule has 7 heteroatoms. The van der Waals surface area contributed by atoms with Crippen molar-refractivity contribution < 1.29 is 18.0 Å². The lowest BCUT2D eigenvalue weighted by atomic mass is 9.79. The Morgan fingerprint density at radius 2 is 1.48 bits per heavy atom. The van der Waals surface area contributed by atoms with Crippen LogP contribution in [0.5, 0.6) is 0 Å². The van der Waals surface area contributed by atoms with Gasteiger partial charge in [0.05, 0.1) is 17.3 Å². The van der Waals surface area contributed by atoms with E-state index in [0.717, 1.165) is 40.1 Å². The normalized spacial score (nSPS) is 19.8. The minimum absolute atomic E-state index is 0.119. The first kappa shape index (κ1) is 25.9. The maximum atomic E-state index is 13.8. The summed E-state index contributed by atoms with van der Waals surface area (Å²) in [6, 6.07) is 29.7. The topological polar surface area (TPSA) is 44.7 Å². The molecule has 0 unspecified atom stereocenters. The second-order valence-corrected chi connectivity index (χ2v) is 10.6. The summed E-state index contributed by atoms with van der Waals surface area (Å²) in [4.78, 5) is 13.8. The molecule has 3 atom stereocenters. The molecular weight excluding hydrogens is 511 g/mol. The van der Waals surface area contributed by atoms with Crippen molar-refractivity contribution in [3.8, 4) is 0 Å². The second kappa shape index (κ2) is 9.97. The Morgan fingerprint density at radius 3 is 2.12 bits per heavy atom. The van der Waals surface area contributed by atoms with E-state index in [0.29, 0.717) is 17.2 Å². The highest BCUT2D eigenvalue weighted by molar-refractivity contribution is 6.10. The maximum Gasteiger partial charge on any atom is 0.416 e. The van der Waals surface area contributed by atoms with Gasteiger partial charge in [0, 0.05) is 23.1 Å². The minimum Gasteiger partial charge on any atom is -0.306 e. The fraction of sp³-hybridized carbons (Fsp3) is 0.212. The smallest absolute Gasteiger partial charge is 0.306 e. The lowest BCUT2D eigenvalue weighted by molar-refractivity contribution is -0.137. The van der Waals surface area contributed by atoms with Crippen LogP contribution in [0.25, 0.3) is 0 Å². The zero-order chi connectivity index (χ0) is 28.0. The summed E-state index contributed by atoms with van der Waals surface area (Å²) in [6.45, 7) is 4.20. The molecule has 0 spiro atoms. The van der Waals surface area contributed by atoms with Crippen molar-refractivity contribution >= 4 is 17.4 Å². The number of anilines is 1. The van der Waals surface area contributed by atoms with Gasteiger partial charge in [0.2, 0.25) is 0 Å².